The highest BCUT2D eigenvalue weighted by Gasteiger charge is 2.26. The van der Waals surface area contributed by atoms with Crippen molar-refractivity contribution in [1.29, 1.82) is 0 Å². The molecule has 5 heteroatoms. The number of rotatable bonds is 11. The van der Waals surface area contributed by atoms with Crippen LogP contribution in [0.4, 0.5) is 0 Å². The Hall–Kier alpha value is -3.08. The van der Waals surface area contributed by atoms with Gasteiger partial charge in [-0.1, -0.05) is 81.6 Å². The molecule has 0 bridgehead atoms. The first kappa shape index (κ1) is 22.6. The zero-order chi connectivity index (χ0) is 22.1. The lowest BCUT2D eigenvalue weighted by atomic mass is 10.0. The summed E-state index contributed by atoms with van der Waals surface area (Å²) in [7, 11) is 0. The number of aromatic nitrogens is 1. The van der Waals surface area contributed by atoms with Crippen LogP contribution >= 0.6 is 0 Å². The van der Waals surface area contributed by atoms with E-state index < -0.39 is 12.0 Å². The number of amides is 1. The highest BCUT2D eigenvalue weighted by molar-refractivity contribution is 5.88. The molecule has 0 aliphatic carbocycles. The molecular weight excluding hydrogens is 388 g/mol. The molecule has 0 aliphatic rings. The fraction of sp³-hybridized carbons (Fsp3) is 0.385. The number of fused-ring (bicyclic) bond motifs is 1. The van der Waals surface area contributed by atoms with Gasteiger partial charge in [-0.25, -0.2) is 4.79 Å². The number of hydrogen-bond donors (Lipinski definition) is 2. The summed E-state index contributed by atoms with van der Waals surface area (Å²) in [6, 6.07) is 16.8. The number of carbonyl (C=O) groups excluding carboxylic acids is 2. The van der Waals surface area contributed by atoms with Crippen LogP contribution < -0.4 is 5.32 Å². The number of ether oxygens (including phenoxy) is 1. The molecule has 0 saturated heterocycles. The van der Waals surface area contributed by atoms with E-state index in [1.807, 2.05) is 67.7 Å². The van der Waals surface area contributed by atoms with Gasteiger partial charge < -0.3 is 15.0 Å². The summed E-state index contributed by atoms with van der Waals surface area (Å²) in [6.45, 7) is 4.25. The first-order chi connectivity index (χ1) is 15.1. The first-order valence-corrected chi connectivity index (χ1v) is 11.1. The molecule has 1 amide bonds. The zero-order valence-corrected chi connectivity index (χ0v) is 18.4. The summed E-state index contributed by atoms with van der Waals surface area (Å²) in [5, 5.41) is 4.00. The lowest BCUT2D eigenvalue weighted by Gasteiger charge is -2.20. The Labute approximate surface area is 184 Å². The third kappa shape index (κ3) is 6.45. The molecule has 1 heterocycles. The smallest absolute Gasteiger partial charge is 0.329 e. The molecule has 0 saturated carbocycles. The lowest BCUT2D eigenvalue weighted by Crippen LogP contribution is -2.45. The Morgan fingerprint density at radius 1 is 1.03 bits per heavy atom. The van der Waals surface area contributed by atoms with Gasteiger partial charge in [0.1, 0.15) is 12.6 Å². The maximum atomic E-state index is 13.0. The summed E-state index contributed by atoms with van der Waals surface area (Å²) in [5.74, 6) is -0.653. The van der Waals surface area contributed by atoms with Crippen molar-refractivity contribution in [2.75, 3.05) is 0 Å². The van der Waals surface area contributed by atoms with Crippen molar-refractivity contribution in [3.8, 4) is 0 Å². The van der Waals surface area contributed by atoms with Crippen LogP contribution in [-0.4, -0.2) is 22.9 Å². The van der Waals surface area contributed by atoms with Crippen LogP contribution in [-0.2, 0) is 27.4 Å². The Morgan fingerprint density at radius 3 is 2.55 bits per heavy atom. The largest absolute Gasteiger partial charge is 0.459 e. The van der Waals surface area contributed by atoms with Crippen LogP contribution in [0.3, 0.4) is 0 Å². The Bertz CT molecular complexity index is 980. The molecule has 5 nitrogen and oxygen atoms in total. The van der Waals surface area contributed by atoms with Gasteiger partial charge in [0.05, 0.1) is 0 Å². The summed E-state index contributed by atoms with van der Waals surface area (Å²) in [4.78, 5) is 29.0. The van der Waals surface area contributed by atoms with E-state index in [4.69, 9.17) is 4.74 Å². The second-order valence-corrected chi connectivity index (χ2v) is 8.11. The Morgan fingerprint density at radius 2 is 1.77 bits per heavy atom. The normalized spacial score (nSPS) is 13.0. The molecule has 1 unspecified atom stereocenters. The average molecular weight is 421 g/mol. The quantitative estimate of drug-likeness (QED) is 0.333. The molecule has 164 valence electrons. The van der Waals surface area contributed by atoms with Crippen LogP contribution in [0.15, 0.2) is 60.8 Å². The fourth-order valence-corrected chi connectivity index (χ4v) is 3.69. The van der Waals surface area contributed by atoms with E-state index in [-0.39, 0.29) is 18.4 Å². The van der Waals surface area contributed by atoms with Crippen molar-refractivity contribution >= 4 is 22.8 Å². The third-order valence-corrected chi connectivity index (χ3v) is 5.61. The van der Waals surface area contributed by atoms with Crippen LogP contribution in [0.2, 0.25) is 0 Å². The van der Waals surface area contributed by atoms with E-state index in [0.717, 1.165) is 47.7 Å². The predicted octanol–water partition coefficient (Wildman–Crippen LogP) is 5.16. The third-order valence-electron chi connectivity index (χ3n) is 5.61. The van der Waals surface area contributed by atoms with Crippen molar-refractivity contribution in [2.24, 2.45) is 5.92 Å². The summed E-state index contributed by atoms with van der Waals surface area (Å²) < 4.78 is 5.57. The van der Waals surface area contributed by atoms with Gasteiger partial charge in [0.15, 0.2) is 0 Å². The number of para-hydroxylation sites is 1. The number of unbranched alkanes of at least 4 members (excludes halogenated alkanes) is 2. The van der Waals surface area contributed by atoms with Gasteiger partial charge in [-0.3, -0.25) is 4.79 Å². The van der Waals surface area contributed by atoms with Gasteiger partial charge in [-0.05, 0) is 23.6 Å². The SMILES string of the molecule is CCCCCC(C)C(=O)N[C@@H](Cc1c[nH]c2ccccc12)C(=O)OCc1ccccc1. The highest BCUT2D eigenvalue weighted by atomic mass is 16.5. The molecule has 0 aliphatic heterocycles. The Balaban J connectivity index is 1.71. The van der Waals surface area contributed by atoms with Gasteiger partial charge >= 0.3 is 5.97 Å². The van der Waals surface area contributed by atoms with E-state index in [1.54, 1.807) is 0 Å². The fourth-order valence-electron chi connectivity index (χ4n) is 3.69. The summed E-state index contributed by atoms with van der Waals surface area (Å²) in [5.41, 5.74) is 2.91. The summed E-state index contributed by atoms with van der Waals surface area (Å²) in [6.07, 6.45) is 6.33. The molecular formula is C26H32N2O3. The number of nitrogens with one attached hydrogen (secondary N) is 2. The van der Waals surface area contributed by atoms with Crippen molar-refractivity contribution in [3.05, 3.63) is 71.9 Å². The standard InChI is InChI=1S/C26H32N2O3/c1-3-4-6-11-19(2)25(29)28-24(26(30)31-18-20-12-7-5-8-13-20)16-21-17-27-23-15-10-9-14-22(21)23/h5,7-10,12-15,17,19,24,27H,3-4,6,11,16,18H2,1-2H3,(H,28,29)/t19?,24-/m0/s1. The van der Waals surface area contributed by atoms with Gasteiger partial charge in [0.25, 0.3) is 0 Å². The van der Waals surface area contributed by atoms with Gasteiger partial charge in [-0.15, -0.1) is 0 Å². The van der Waals surface area contributed by atoms with Crippen molar-refractivity contribution in [2.45, 2.75) is 58.6 Å². The van der Waals surface area contributed by atoms with E-state index in [1.165, 1.54) is 0 Å². The first-order valence-electron chi connectivity index (χ1n) is 11.1. The molecule has 1 aromatic heterocycles. The number of esters is 1. The number of carbonyl (C=O) groups is 2. The van der Waals surface area contributed by atoms with Crippen molar-refractivity contribution in [3.63, 3.8) is 0 Å². The lowest BCUT2D eigenvalue weighted by molar-refractivity contribution is -0.149. The molecule has 0 radical (unpaired) electrons. The molecule has 2 atom stereocenters. The maximum absolute atomic E-state index is 13.0. The van der Waals surface area contributed by atoms with Crippen molar-refractivity contribution in [1.82, 2.24) is 10.3 Å². The van der Waals surface area contributed by atoms with Crippen LogP contribution in [0.5, 0.6) is 0 Å². The van der Waals surface area contributed by atoms with Crippen LogP contribution in [0.1, 0.15) is 50.7 Å². The molecule has 2 aromatic carbocycles. The van der Waals surface area contributed by atoms with Gasteiger partial charge in [0.2, 0.25) is 5.91 Å². The average Bonchev–Trinajstić information content (AvgIpc) is 3.20. The minimum absolute atomic E-state index is 0.0994. The molecule has 3 aromatic rings. The zero-order valence-electron chi connectivity index (χ0n) is 18.4. The monoisotopic (exact) mass is 420 g/mol. The highest BCUT2D eigenvalue weighted by Crippen LogP contribution is 2.20. The van der Waals surface area contributed by atoms with Crippen molar-refractivity contribution < 1.29 is 14.3 Å². The minimum Gasteiger partial charge on any atom is -0.459 e. The number of benzene rings is 2. The number of H-pyrrole nitrogens is 1. The van der Waals surface area contributed by atoms with E-state index >= 15 is 0 Å². The maximum Gasteiger partial charge on any atom is 0.329 e. The van der Waals surface area contributed by atoms with Crippen LogP contribution in [0, 0.1) is 5.92 Å². The summed E-state index contributed by atoms with van der Waals surface area (Å²) >= 11 is 0. The van der Waals surface area contributed by atoms with E-state index in [0.29, 0.717) is 6.42 Å². The molecule has 0 fully saturated rings. The number of hydrogen-bond acceptors (Lipinski definition) is 3. The predicted molar refractivity (Wildman–Crippen MR) is 123 cm³/mol. The minimum atomic E-state index is -0.732. The molecule has 0 spiro atoms. The number of aromatic amines is 1. The van der Waals surface area contributed by atoms with Gasteiger partial charge in [-0.2, -0.15) is 0 Å². The second-order valence-electron chi connectivity index (χ2n) is 8.11. The van der Waals surface area contributed by atoms with E-state index in [9.17, 15) is 9.59 Å². The van der Waals surface area contributed by atoms with Gasteiger partial charge in [0, 0.05) is 29.4 Å². The molecule has 31 heavy (non-hydrogen) atoms. The van der Waals surface area contributed by atoms with E-state index in [2.05, 4.69) is 17.2 Å². The van der Waals surface area contributed by atoms with Crippen LogP contribution in [0.25, 0.3) is 10.9 Å². The topological polar surface area (TPSA) is 71.2 Å². The second kappa shape index (κ2) is 11.3. The Kier molecular flexibility index (Phi) is 8.27. The molecule has 3 rings (SSSR count). The molecule has 2 N–H and O–H groups in total.